The SMILES string of the molecule is NS(=O)(=O)c1cccc(-c2ccc(C=NC3CCS(=O)(=O)C3)o2)c1. The number of hydrogen-bond donors (Lipinski definition) is 1. The van der Waals surface area contributed by atoms with Gasteiger partial charge in [-0.05, 0) is 30.7 Å². The molecular formula is C15H16N2O5S2. The maximum Gasteiger partial charge on any atom is 0.238 e. The first kappa shape index (κ1) is 16.9. The number of sulfonamides is 1. The molecule has 2 heterocycles. The summed E-state index contributed by atoms with van der Waals surface area (Å²) in [6, 6.07) is 9.26. The molecule has 0 radical (unpaired) electrons. The van der Waals surface area contributed by atoms with Crippen molar-refractivity contribution in [2.75, 3.05) is 11.5 Å². The quantitative estimate of drug-likeness (QED) is 0.813. The van der Waals surface area contributed by atoms with Crippen LogP contribution in [0.4, 0.5) is 0 Å². The number of sulfone groups is 1. The van der Waals surface area contributed by atoms with Gasteiger partial charge in [0.15, 0.2) is 9.84 Å². The Kier molecular flexibility index (Phi) is 4.33. The fraction of sp³-hybridized carbons (Fsp3) is 0.267. The molecule has 24 heavy (non-hydrogen) atoms. The standard InChI is InChI=1S/C15H16N2O5S2/c16-24(20,21)14-3-1-2-11(8-14)15-5-4-13(22-15)9-17-12-6-7-23(18,19)10-12/h1-5,8-9,12H,6-7,10H2,(H2,16,20,21). The van der Waals surface area contributed by atoms with Gasteiger partial charge in [-0.2, -0.15) is 0 Å². The minimum absolute atomic E-state index is 0.00257. The molecule has 0 aliphatic carbocycles. The predicted molar refractivity (Wildman–Crippen MR) is 90.2 cm³/mol. The number of primary sulfonamides is 1. The largest absolute Gasteiger partial charge is 0.455 e. The van der Waals surface area contributed by atoms with Crippen molar-refractivity contribution in [2.24, 2.45) is 10.1 Å². The van der Waals surface area contributed by atoms with Crippen molar-refractivity contribution in [2.45, 2.75) is 17.4 Å². The smallest absolute Gasteiger partial charge is 0.238 e. The van der Waals surface area contributed by atoms with Crippen LogP contribution in [0.5, 0.6) is 0 Å². The van der Waals surface area contributed by atoms with Crippen LogP contribution in [0, 0.1) is 0 Å². The number of rotatable bonds is 4. The number of benzene rings is 1. The molecule has 1 aliphatic rings. The maximum atomic E-state index is 11.4. The fourth-order valence-electron chi connectivity index (χ4n) is 2.48. The van der Waals surface area contributed by atoms with E-state index in [1.807, 2.05) is 0 Å². The summed E-state index contributed by atoms with van der Waals surface area (Å²) in [6.45, 7) is 0. The molecular weight excluding hydrogens is 352 g/mol. The van der Waals surface area contributed by atoms with Gasteiger partial charge < -0.3 is 4.42 Å². The lowest BCUT2D eigenvalue weighted by Gasteiger charge is -2.01. The van der Waals surface area contributed by atoms with Crippen LogP contribution in [0.15, 0.2) is 50.7 Å². The second-order valence-corrected chi connectivity index (χ2v) is 9.40. The van der Waals surface area contributed by atoms with E-state index in [1.54, 1.807) is 24.3 Å². The highest BCUT2D eigenvalue weighted by molar-refractivity contribution is 7.91. The Morgan fingerprint density at radius 2 is 2.04 bits per heavy atom. The first-order chi connectivity index (χ1) is 11.2. The summed E-state index contributed by atoms with van der Waals surface area (Å²) in [7, 11) is -6.75. The molecule has 1 unspecified atom stereocenters. The Morgan fingerprint density at radius 3 is 2.71 bits per heavy atom. The summed E-state index contributed by atoms with van der Waals surface area (Å²) >= 11 is 0. The van der Waals surface area contributed by atoms with E-state index in [-0.39, 0.29) is 22.4 Å². The minimum atomic E-state index is -3.78. The first-order valence-electron chi connectivity index (χ1n) is 7.20. The number of hydrogen-bond acceptors (Lipinski definition) is 6. The van der Waals surface area contributed by atoms with Gasteiger partial charge in [-0.3, -0.25) is 4.99 Å². The van der Waals surface area contributed by atoms with E-state index >= 15 is 0 Å². The zero-order valence-electron chi connectivity index (χ0n) is 12.6. The van der Waals surface area contributed by atoms with Gasteiger partial charge in [-0.1, -0.05) is 12.1 Å². The van der Waals surface area contributed by atoms with E-state index in [1.165, 1.54) is 18.3 Å². The lowest BCUT2D eigenvalue weighted by Crippen LogP contribution is -2.11. The fourth-order valence-corrected chi connectivity index (χ4v) is 4.67. The molecule has 1 aliphatic heterocycles. The molecule has 1 aromatic carbocycles. The summed E-state index contributed by atoms with van der Waals surface area (Å²) in [5.74, 6) is 1.17. The lowest BCUT2D eigenvalue weighted by atomic mass is 10.2. The molecule has 0 bridgehead atoms. The first-order valence-corrected chi connectivity index (χ1v) is 10.6. The molecule has 1 saturated heterocycles. The van der Waals surface area contributed by atoms with E-state index in [4.69, 9.17) is 9.56 Å². The monoisotopic (exact) mass is 368 g/mol. The third kappa shape index (κ3) is 3.92. The zero-order valence-corrected chi connectivity index (χ0v) is 14.3. The average Bonchev–Trinajstić information content (AvgIpc) is 3.11. The normalized spacial score (nSPS) is 20.6. The molecule has 0 spiro atoms. The zero-order chi connectivity index (χ0) is 17.4. The number of furan rings is 1. The summed E-state index contributed by atoms with van der Waals surface area (Å²) in [5.41, 5.74) is 0.574. The number of aliphatic imine (C=N–C) groups is 1. The van der Waals surface area contributed by atoms with Crippen LogP contribution in [-0.2, 0) is 19.9 Å². The molecule has 0 saturated carbocycles. The van der Waals surface area contributed by atoms with Crippen molar-refractivity contribution in [3.05, 3.63) is 42.2 Å². The van der Waals surface area contributed by atoms with Gasteiger partial charge in [0.2, 0.25) is 10.0 Å². The van der Waals surface area contributed by atoms with Crippen LogP contribution in [0.3, 0.4) is 0 Å². The number of nitrogens with zero attached hydrogens (tertiary/aromatic N) is 1. The summed E-state index contributed by atoms with van der Waals surface area (Å²) < 4.78 is 51.2. The van der Waals surface area contributed by atoms with Crippen molar-refractivity contribution >= 4 is 26.1 Å². The van der Waals surface area contributed by atoms with Gasteiger partial charge in [0, 0.05) is 5.56 Å². The average molecular weight is 368 g/mol. The van der Waals surface area contributed by atoms with E-state index in [0.29, 0.717) is 23.5 Å². The Bertz CT molecular complexity index is 990. The van der Waals surface area contributed by atoms with Gasteiger partial charge in [-0.25, -0.2) is 22.0 Å². The van der Waals surface area contributed by atoms with E-state index in [2.05, 4.69) is 4.99 Å². The Hall–Kier alpha value is -1.97. The van der Waals surface area contributed by atoms with Gasteiger partial charge in [0.25, 0.3) is 0 Å². The van der Waals surface area contributed by atoms with Crippen LogP contribution < -0.4 is 5.14 Å². The molecule has 0 amide bonds. The van der Waals surface area contributed by atoms with Crippen LogP contribution in [-0.4, -0.2) is 40.6 Å². The third-order valence-corrected chi connectivity index (χ3v) is 6.36. The molecule has 2 aromatic rings. The van der Waals surface area contributed by atoms with Crippen LogP contribution in [0.25, 0.3) is 11.3 Å². The molecule has 128 valence electrons. The van der Waals surface area contributed by atoms with Crippen LogP contribution in [0.2, 0.25) is 0 Å². The summed E-state index contributed by atoms with van der Waals surface area (Å²) in [6.07, 6.45) is 2.02. The molecule has 1 aromatic heterocycles. The van der Waals surface area contributed by atoms with Crippen LogP contribution in [0.1, 0.15) is 12.2 Å². The van der Waals surface area contributed by atoms with Crippen molar-refractivity contribution < 1.29 is 21.3 Å². The Balaban J connectivity index is 1.79. The number of nitrogens with two attached hydrogens (primary N) is 1. The van der Waals surface area contributed by atoms with Crippen molar-refractivity contribution in [3.8, 4) is 11.3 Å². The summed E-state index contributed by atoms with van der Waals surface area (Å²) in [4.78, 5) is 4.24. The van der Waals surface area contributed by atoms with E-state index in [0.717, 1.165) is 0 Å². The Morgan fingerprint density at radius 1 is 1.25 bits per heavy atom. The van der Waals surface area contributed by atoms with Gasteiger partial charge in [0.1, 0.15) is 11.5 Å². The molecule has 1 atom stereocenters. The highest BCUT2D eigenvalue weighted by atomic mass is 32.2. The van der Waals surface area contributed by atoms with E-state index in [9.17, 15) is 16.8 Å². The third-order valence-electron chi connectivity index (χ3n) is 3.69. The Labute approximate surface area is 140 Å². The highest BCUT2D eigenvalue weighted by Gasteiger charge is 2.26. The highest BCUT2D eigenvalue weighted by Crippen LogP contribution is 2.24. The van der Waals surface area contributed by atoms with Gasteiger partial charge in [0.05, 0.1) is 28.7 Å². The molecule has 1 fully saturated rings. The van der Waals surface area contributed by atoms with Crippen molar-refractivity contribution in [3.63, 3.8) is 0 Å². The molecule has 3 rings (SSSR count). The maximum absolute atomic E-state index is 11.4. The minimum Gasteiger partial charge on any atom is -0.455 e. The van der Waals surface area contributed by atoms with Gasteiger partial charge in [-0.15, -0.1) is 0 Å². The topological polar surface area (TPSA) is 120 Å². The molecule has 7 nitrogen and oxygen atoms in total. The second-order valence-electron chi connectivity index (χ2n) is 5.61. The summed E-state index contributed by atoms with van der Waals surface area (Å²) in [5, 5.41) is 5.12. The molecule has 9 heteroatoms. The second kappa shape index (κ2) is 6.15. The van der Waals surface area contributed by atoms with E-state index < -0.39 is 19.9 Å². The lowest BCUT2D eigenvalue weighted by molar-refractivity contribution is 0.573. The van der Waals surface area contributed by atoms with Crippen molar-refractivity contribution in [1.29, 1.82) is 0 Å². The van der Waals surface area contributed by atoms with Crippen LogP contribution >= 0.6 is 0 Å². The van der Waals surface area contributed by atoms with Gasteiger partial charge >= 0.3 is 0 Å². The predicted octanol–water partition coefficient (Wildman–Crippen LogP) is 1.20. The van der Waals surface area contributed by atoms with Crippen molar-refractivity contribution in [1.82, 2.24) is 0 Å². The molecule has 2 N–H and O–H groups in total.